The maximum absolute atomic E-state index is 6.14. The minimum Gasteiger partial charge on any atom is -0.488 e. The summed E-state index contributed by atoms with van der Waals surface area (Å²) < 4.78 is 5.77. The quantitative estimate of drug-likeness (QED) is 0.846. The highest BCUT2D eigenvalue weighted by atomic mass is 16.5. The smallest absolute Gasteiger partial charge is 0.120 e. The molecular formula is C14H21NO. The van der Waals surface area contributed by atoms with Crippen LogP contribution in [0.1, 0.15) is 45.2 Å². The van der Waals surface area contributed by atoms with Gasteiger partial charge in [-0.2, -0.15) is 0 Å². The number of hydrogen-bond acceptors (Lipinski definition) is 2. The Kier molecular flexibility index (Phi) is 2.94. The van der Waals surface area contributed by atoms with Crippen molar-refractivity contribution < 1.29 is 4.74 Å². The van der Waals surface area contributed by atoms with Gasteiger partial charge in [0.25, 0.3) is 0 Å². The third-order valence-electron chi connectivity index (χ3n) is 2.82. The first kappa shape index (κ1) is 11.5. The molecule has 1 atom stereocenters. The molecule has 1 aromatic carbocycles. The average molecular weight is 219 g/mol. The molecule has 1 fully saturated rings. The van der Waals surface area contributed by atoms with Crippen molar-refractivity contribution in [3.05, 3.63) is 29.8 Å². The van der Waals surface area contributed by atoms with Crippen LogP contribution in [0.25, 0.3) is 0 Å². The number of benzene rings is 1. The van der Waals surface area contributed by atoms with Crippen LogP contribution in [0.2, 0.25) is 0 Å². The van der Waals surface area contributed by atoms with Gasteiger partial charge in [0, 0.05) is 6.04 Å². The molecular weight excluding hydrogens is 198 g/mol. The lowest BCUT2D eigenvalue weighted by molar-refractivity contribution is 0.131. The van der Waals surface area contributed by atoms with E-state index in [2.05, 4.69) is 32.9 Å². The van der Waals surface area contributed by atoms with Crippen LogP contribution in [0.5, 0.6) is 5.75 Å². The molecule has 0 aliphatic heterocycles. The normalized spacial score (nSPS) is 18.2. The monoisotopic (exact) mass is 219 g/mol. The van der Waals surface area contributed by atoms with Gasteiger partial charge < -0.3 is 10.5 Å². The predicted molar refractivity (Wildman–Crippen MR) is 66.5 cm³/mol. The van der Waals surface area contributed by atoms with E-state index < -0.39 is 0 Å². The number of ether oxygens (including phenoxy) is 1. The van der Waals surface area contributed by atoms with Crippen LogP contribution in [0, 0.1) is 5.92 Å². The second-order valence-electron chi connectivity index (χ2n) is 5.65. The van der Waals surface area contributed by atoms with Crippen LogP contribution in [-0.2, 0) is 0 Å². The maximum Gasteiger partial charge on any atom is 0.120 e. The largest absolute Gasteiger partial charge is 0.488 e. The van der Waals surface area contributed by atoms with Gasteiger partial charge in [0.05, 0.1) is 0 Å². The summed E-state index contributed by atoms with van der Waals surface area (Å²) in [4.78, 5) is 0. The van der Waals surface area contributed by atoms with Gasteiger partial charge in [0.15, 0.2) is 0 Å². The molecule has 1 aliphatic carbocycles. The molecule has 1 saturated carbocycles. The fraction of sp³-hybridized carbons (Fsp3) is 0.571. The molecule has 88 valence electrons. The summed E-state index contributed by atoms with van der Waals surface area (Å²) >= 11 is 0. The minimum atomic E-state index is -0.139. The van der Waals surface area contributed by atoms with Gasteiger partial charge >= 0.3 is 0 Å². The summed E-state index contributed by atoms with van der Waals surface area (Å²) in [5, 5.41) is 0. The maximum atomic E-state index is 6.14. The molecule has 16 heavy (non-hydrogen) atoms. The highest BCUT2D eigenvalue weighted by Gasteiger charge is 2.29. The van der Waals surface area contributed by atoms with Gasteiger partial charge in [-0.15, -0.1) is 0 Å². The molecule has 0 heterocycles. The van der Waals surface area contributed by atoms with Crippen molar-refractivity contribution >= 4 is 0 Å². The summed E-state index contributed by atoms with van der Waals surface area (Å²) in [5.41, 5.74) is 7.22. The molecule has 0 amide bonds. The van der Waals surface area contributed by atoms with Gasteiger partial charge in [-0.3, -0.25) is 0 Å². The van der Waals surface area contributed by atoms with Crippen molar-refractivity contribution in [2.24, 2.45) is 11.7 Å². The van der Waals surface area contributed by atoms with E-state index in [0.717, 1.165) is 5.75 Å². The van der Waals surface area contributed by atoms with Gasteiger partial charge in [0.2, 0.25) is 0 Å². The standard InChI is InChI=1S/C14H21NO/c1-14(2,3)16-12-8-6-11(7-9-12)13(15)10-4-5-10/h6-10,13H,4-5,15H2,1-3H3. The Morgan fingerprint density at radius 1 is 1.19 bits per heavy atom. The lowest BCUT2D eigenvalue weighted by atomic mass is 10.0. The van der Waals surface area contributed by atoms with Gasteiger partial charge in [-0.25, -0.2) is 0 Å². The zero-order valence-electron chi connectivity index (χ0n) is 10.4. The topological polar surface area (TPSA) is 35.2 Å². The predicted octanol–water partition coefficient (Wildman–Crippen LogP) is 3.27. The van der Waals surface area contributed by atoms with Crippen LogP contribution in [0.3, 0.4) is 0 Å². The fourth-order valence-corrected chi connectivity index (χ4v) is 1.84. The molecule has 2 rings (SSSR count). The van der Waals surface area contributed by atoms with E-state index >= 15 is 0 Å². The Bertz CT molecular complexity index is 346. The summed E-state index contributed by atoms with van der Waals surface area (Å²) in [5.74, 6) is 1.62. The minimum absolute atomic E-state index is 0.139. The van der Waals surface area contributed by atoms with Gasteiger partial charge in [-0.1, -0.05) is 12.1 Å². The van der Waals surface area contributed by atoms with E-state index in [1.165, 1.54) is 18.4 Å². The Labute approximate surface area is 97.8 Å². The molecule has 1 aromatic rings. The van der Waals surface area contributed by atoms with Crippen LogP contribution in [0.4, 0.5) is 0 Å². The Balaban J connectivity index is 2.04. The molecule has 0 aromatic heterocycles. The van der Waals surface area contributed by atoms with E-state index in [-0.39, 0.29) is 11.6 Å². The molecule has 0 bridgehead atoms. The lowest BCUT2D eigenvalue weighted by Crippen LogP contribution is -2.23. The summed E-state index contributed by atoms with van der Waals surface area (Å²) in [6.07, 6.45) is 2.56. The van der Waals surface area contributed by atoms with Crippen molar-refractivity contribution in [2.75, 3.05) is 0 Å². The Hall–Kier alpha value is -1.02. The third-order valence-corrected chi connectivity index (χ3v) is 2.82. The van der Waals surface area contributed by atoms with Gasteiger partial charge in [0.1, 0.15) is 11.4 Å². The van der Waals surface area contributed by atoms with E-state index in [9.17, 15) is 0 Å². The number of rotatable bonds is 3. The first-order chi connectivity index (χ1) is 7.46. The van der Waals surface area contributed by atoms with Crippen LogP contribution < -0.4 is 10.5 Å². The Morgan fingerprint density at radius 2 is 1.75 bits per heavy atom. The highest BCUT2D eigenvalue weighted by Crippen LogP contribution is 2.39. The fourth-order valence-electron chi connectivity index (χ4n) is 1.84. The van der Waals surface area contributed by atoms with Crippen molar-refractivity contribution in [1.82, 2.24) is 0 Å². The van der Waals surface area contributed by atoms with Gasteiger partial charge in [-0.05, 0) is 57.2 Å². The molecule has 1 aliphatic rings. The summed E-state index contributed by atoms with van der Waals surface area (Å²) in [6.45, 7) is 6.16. The molecule has 1 unspecified atom stereocenters. The lowest BCUT2D eigenvalue weighted by Gasteiger charge is -2.21. The summed E-state index contributed by atoms with van der Waals surface area (Å²) in [6, 6.07) is 8.42. The van der Waals surface area contributed by atoms with Crippen LogP contribution in [-0.4, -0.2) is 5.60 Å². The molecule has 2 heteroatoms. The zero-order chi connectivity index (χ0) is 11.8. The van der Waals surface area contributed by atoms with Crippen LogP contribution in [0.15, 0.2) is 24.3 Å². The second kappa shape index (κ2) is 4.10. The van der Waals surface area contributed by atoms with Crippen molar-refractivity contribution in [2.45, 2.75) is 45.3 Å². The van der Waals surface area contributed by atoms with Crippen LogP contribution >= 0.6 is 0 Å². The number of hydrogen-bond donors (Lipinski definition) is 1. The van der Waals surface area contributed by atoms with E-state index in [0.29, 0.717) is 5.92 Å². The van der Waals surface area contributed by atoms with Crippen molar-refractivity contribution in [3.63, 3.8) is 0 Å². The summed E-state index contributed by atoms with van der Waals surface area (Å²) in [7, 11) is 0. The molecule has 2 nitrogen and oxygen atoms in total. The first-order valence-corrected chi connectivity index (χ1v) is 6.00. The van der Waals surface area contributed by atoms with E-state index in [4.69, 9.17) is 10.5 Å². The second-order valence-corrected chi connectivity index (χ2v) is 5.65. The number of nitrogens with two attached hydrogens (primary N) is 1. The average Bonchev–Trinajstić information content (AvgIpc) is 2.98. The zero-order valence-corrected chi connectivity index (χ0v) is 10.4. The Morgan fingerprint density at radius 3 is 2.19 bits per heavy atom. The third kappa shape index (κ3) is 2.99. The van der Waals surface area contributed by atoms with E-state index in [1.54, 1.807) is 0 Å². The molecule has 0 saturated heterocycles. The molecule has 0 radical (unpaired) electrons. The first-order valence-electron chi connectivity index (χ1n) is 6.00. The van der Waals surface area contributed by atoms with Crippen molar-refractivity contribution in [1.29, 1.82) is 0 Å². The van der Waals surface area contributed by atoms with E-state index in [1.807, 2.05) is 12.1 Å². The molecule has 2 N–H and O–H groups in total. The van der Waals surface area contributed by atoms with Crippen molar-refractivity contribution in [3.8, 4) is 5.75 Å². The molecule has 0 spiro atoms. The highest BCUT2D eigenvalue weighted by molar-refractivity contribution is 5.30. The SMILES string of the molecule is CC(C)(C)Oc1ccc(C(N)C2CC2)cc1.